The molecule has 0 aliphatic carbocycles. The van der Waals surface area contributed by atoms with Gasteiger partial charge in [0.1, 0.15) is 17.5 Å². The summed E-state index contributed by atoms with van der Waals surface area (Å²) in [7, 11) is -4.41. The molecule has 0 saturated heterocycles. The first kappa shape index (κ1) is 27.6. The molecule has 3 aromatic carbocycles. The third-order valence-electron chi connectivity index (χ3n) is 5.91. The predicted octanol–water partition coefficient (Wildman–Crippen LogP) is 6.87. The molecule has 1 heterocycles. The van der Waals surface area contributed by atoms with Crippen molar-refractivity contribution in [2.45, 2.75) is 30.9 Å². The molecule has 0 amide bonds. The smallest absolute Gasteiger partial charge is 0.264 e. The molecule has 0 radical (unpaired) electrons. The van der Waals surface area contributed by atoms with Gasteiger partial charge < -0.3 is 4.74 Å². The first-order valence-electron chi connectivity index (χ1n) is 11.7. The van der Waals surface area contributed by atoms with E-state index >= 15 is 4.39 Å². The number of hydrogen-bond acceptors (Lipinski definition) is 4. The molecule has 0 spiro atoms. The van der Waals surface area contributed by atoms with E-state index in [0.717, 1.165) is 28.2 Å². The zero-order valence-electron chi connectivity index (χ0n) is 20.3. The van der Waals surface area contributed by atoms with E-state index in [0.29, 0.717) is 16.1 Å². The Morgan fingerprint density at radius 3 is 2.37 bits per heavy atom. The molecule has 0 fully saturated rings. The number of rotatable bonds is 10. The van der Waals surface area contributed by atoms with E-state index in [2.05, 4.69) is 4.98 Å². The Morgan fingerprint density at radius 2 is 1.66 bits per heavy atom. The average molecular weight is 561 g/mol. The number of aromatic nitrogens is 1. The summed E-state index contributed by atoms with van der Waals surface area (Å²) in [6.45, 7) is 1.97. The molecule has 0 bridgehead atoms. The fraction of sp³-hybridized carbons (Fsp3) is 0.179. The topological polar surface area (TPSA) is 59.5 Å². The zero-order chi connectivity index (χ0) is 27.3. The number of ether oxygens (including phenoxy) is 1. The minimum Gasteiger partial charge on any atom is -0.375 e. The second kappa shape index (κ2) is 12.0. The minimum absolute atomic E-state index is 0.167. The third kappa shape index (κ3) is 6.35. The van der Waals surface area contributed by atoms with Crippen molar-refractivity contribution in [3.05, 3.63) is 124 Å². The number of halogens is 4. The van der Waals surface area contributed by atoms with Crippen LogP contribution in [-0.2, 0) is 27.8 Å². The van der Waals surface area contributed by atoms with Crippen LogP contribution in [-0.4, -0.2) is 20.0 Å². The van der Waals surface area contributed by atoms with Crippen molar-refractivity contribution in [1.29, 1.82) is 0 Å². The molecule has 4 rings (SSSR count). The molecule has 38 heavy (non-hydrogen) atoms. The standard InChI is InChI=1S/C28H24ClF3N2O3S/c1-19(26-11-7-22(30)16-20(26)13-15-37-18-24-4-2-3-14-33-24)34(28-17-23(31)8-12-27(28)32)38(35,36)25-9-5-21(29)6-10-25/h2-12,14,16-17,19H,13,15,18H2,1H3/t19-/m1/s1. The highest BCUT2D eigenvalue weighted by Crippen LogP contribution is 2.37. The monoisotopic (exact) mass is 560 g/mol. The molecule has 0 unspecified atom stereocenters. The van der Waals surface area contributed by atoms with Crippen LogP contribution in [0.3, 0.4) is 0 Å². The van der Waals surface area contributed by atoms with Crippen molar-refractivity contribution in [3.63, 3.8) is 0 Å². The van der Waals surface area contributed by atoms with Crippen LogP contribution in [0.4, 0.5) is 18.9 Å². The molecule has 0 aliphatic rings. The maximum absolute atomic E-state index is 15.0. The summed E-state index contributed by atoms with van der Waals surface area (Å²) >= 11 is 5.93. The van der Waals surface area contributed by atoms with Gasteiger partial charge in [0, 0.05) is 17.3 Å². The van der Waals surface area contributed by atoms with E-state index in [4.69, 9.17) is 16.3 Å². The summed E-state index contributed by atoms with van der Waals surface area (Å²) in [5, 5.41) is 0.312. The van der Waals surface area contributed by atoms with Crippen molar-refractivity contribution in [2.75, 3.05) is 10.9 Å². The van der Waals surface area contributed by atoms with E-state index in [9.17, 15) is 17.2 Å². The van der Waals surface area contributed by atoms with Gasteiger partial charge in [-0.3, -0.25) is 9.29 Å². The van der Waals surface area contributed by atoms with Gasteiger partial charge in [0.2, 0.25) is 0 Å². The fourth-order valence-corrected chi connectivity index (χ4v) is 5.85. The van der Waals surface area contributed by atoms with Gasteiger partial charge in [0.25, 0.3) is 10.0 Å². The Balaban J connectivity index is 1.71. The molecule has 198 valence electrons. The van der Waals surface area contributed by atoms with E-state index in [1.165, 1.54) is 49.4 Å². The largest absolute Gasteiger partial charge is 0.375 e. The highest BCUT2D eigenvalue weighted by atomic mass is 35.5. The van der Waals surface area contributed by atoms with Crippen molar-refractivity contribution < 1.29 is 26.3 Å². The number of nitrogens with zero attached hydrogens (tertiary/aromatic N) is 2. The lowest BCUT2D eigenvalue weighted by atomic mass is 9.98. The molecule has 4 aromatic rings. The highest BCUT2D eigenvalue weighted by Gasteiger charge is 2.33. The van der Waals surface area contributed by atoms with E-state index in [1.807, 2.05) is 12.1 Å². The van der Waals surface area contributed by atoms with Gasteiger partial charge >= 0.3 is 0 Å². The fourth-order valence-electron chi connectivity index (χ4n) is 4.09. The quantitative estimate of drug-likeness (QED) is 0.199. The van der Waals surface area contributed by atoms with Gasteiger partial charge in [-0.1, -0.05) is 23.7 Å². The lowest BCUT2D eigenvalue weighted by molar-refractivity contribution is 0.121. The van der Waals surface area contributed by atoms with Crippen molar-refractivity contribution in [3.8, 4) is 0 Å². The van der Waals surface area contributed by atoms with Crippen molar-refractivity contribution in [1.82, 2.24) is 4.98 Å². The summed E-state index contributed by atoms with van der Waals surface area (Å²) in [5.74, 6) is -2.27. The van der Waals surface area contributed by atoms with Gasteiger partial charge in [-0.2, -0.15) is 0 Å². The molecule has 0 saturated carbocycles. The predicted molar refractivity (Wildman–Crippen MR) is 140 cm³/mol. The van der Waals surface area contributed by atoms with Crippen LogP contribution in [0.1, 0.15) is 29.8 Å². The molecule has 1 atom stereocenters. The van der Waals surface area contributed by atoms with Crippen molar-refractivity contribution >= 4 is 27.3 Å². The van der Waals surface area contributed by atoms with Gasteiger partial charge in [-0.05, 0) is 85.1 Å². The lowest BCUT2D eigenvalue weighted by Crippen LogP contribution is -2.35. The van der Waals surface area contributed by atoms with Gasteiger partial charge in [0.05, 0.1) is 35.5 Å². The lowest BCUT2D eigenvalue weighted by Gasteiger charge is -2.32. The first-order valence-corrected chi connectivity index (χ1v) is 13.5. The third-order valence-corrected chi connectivity index (χ3v) is 8.07. The highest BCUT2D eigenvalue weighted by molar-refractivity contribution is 7.92. The summed E-state index contributed by atoms with van der Waals surface area (Å²) in [4.78, 5) is 4.02. The second-order valence-electron chi connectivity index (χ2n) is 8.49. The number of sulfonamides is 1. The Bertz CT molecular complexity index is 1500. The van der Waals surface area contributed by atoms with Crippen LogP contribution in [0.25, 0.3) is 0 Å². The van der Waals surface area contributed by atoms with Crippen LogP contribution in [0.15, 0.2) is 90.0 Å². The van der Waals surface area contributed by atoms with Crippen LogP contribution < -0.4 is 4.31 Å². The van der Waals surface area contributed by atoms with Crippen LogP contribution in [0.2, 0.25) is 5.02 Å². The van der Waals surface area contributed by atoms with Crippen LogP contribution in [0.5, 0.6) is 0 Å². The molecule has 0 N–H and O–H groups in total. The number of hydrogen-bond donors (Lipinski definition) is 0. The maximum atomic E-state index is 15.0. The van der Waals surface area contributed by atoms with Crippen LogP contribution in [0, 0.1) is 17.5 Å². The van der Waals surface area contributed by atoms with E-state index in [1.54, 1.807) is 12.3 Å². The molecular formula is C28H24ClF3N2O3S. The SMILES string of the molecule is C[C@H](c1ccc(F)cc1CCOCc1ccccn1)N(c1cc(F)ccc1F)S(=O)(=O)c1ccc(Cl)cc1. The number of pyridine rings is 1. The van der Waals surface area contributed by atoms with Gasteiger partial charge in [-0.15, -0.1) is 0 Å². The molecular weight excluding hydrogens is 537 g/mol. The molecule has 5 nitrogen and oxygen atoms in total. The second-order valence-corrected chi connectivity index (χ2v) is 10.7. The number of benzene rings is 3. The summed E-state index contributed by atoms with van der Waals surface area (Å²) in [5.41, 5.74) is 1.12. The van der Waals surface area contributed by atoms with Gasteiger partial charge in [0.15, 0.2) is 0 Å². The van der Waals surface area contributed by atoms with E-state index in [-0.39, 0.29) is 24.5 Å². The number of anilines is 1. The minimum atomic E-state index is -4.41. The summed E-state index contributed by atoms with van der Waals surface area (Å²) < 4.78 is 77.6. The summed E-state index contributed by atoms with van der Waals surface area (Å²) in [6.07, 6.45) is 1.89. The first-order chi connectivity index (χ1) is 18.2. The van der Waals surface area contributed by atoms with Crippen LogP contribution >= 0.6 is 11.6 Å². The maximum Gasteiger partial charge on any atom is 0.264 e. The zero-order valence-corrected chi connectivity index (χ0v) is 21.9. The molecule has 10 heteroatoms. The van der Waals surface area contributed by atoms with Gasteiger partial charge in [-0.25, -0.2) is 21.6 Å². The molecule has 0 aliphatic heterocycles. The Labute approximate surface area is 224 Å². The summed E-state index contributed by atoms with van der Waals surface area (Å²) in [6, 6.07) is 16.2. The normalized spacial score (nSPS) is 12.3. The molecule has 1 aromatic heterocycles. The average Bonchev–Trinajstić information content (AvgIpc) is 2.89. The Morgan fingerprint density at radius 1 is 0.947 bits per heavy atom. The van der Waals surface area contributed by atoms with Crippen molar-refractivity contribution in [2.24, 2.45) is 0 Å². The van der Waals surface area contributed by atoms with E-state index < -0.39 is 39.2 Å². The Hall–Kier alpha value is -3.40. The Kier molecular flexibility index (Phi) is 8.71.